The maximum atomic E-state index is 11.1. The molecule has 0 radical (unpaired) electrons. The number of nitrogens with zero attached hydrogens (tertiary/aromatic N) is 1. The Morgan fingerprint density at radius 2 is 2.36 bits per heavy atom. The SMILES string of the molecule is C#CC(=O)N1CCOC(C(=O)OC)C1. The molecule has 1 saturated heterocycles. The zero-order chi connectivity index (χ0) is 10.6. The van der Waals surface area contributed by atoms with Gasteiger partial charge in [-0.15, -0.1) is 6.42 Å². The van der Waals surface area contributed by atoms with Crippen LogP contribution in [0.4, 0.5) is 0 Å². The molecule has 5 heteroatoms. The minimum absolute atomic E-state index is 0.162. The first-order valence-electron chi connectivity index (χ1n) is 4.14. The Kier molecular flexibility index (Phi) is 3.48. The second-order valence-corrected chi connectivity index (χ2v) is 2.78. The lowest BCUT2D eigenvalue weighted by atomic mass is 10.2. The van der Waals surface area contributed by atoms with E-state index in [4.69, 9.17) is 11.2 Å². The summed E-state index contributed by atoms with van der Waals surface area (Å²) in [4.78, 5) is 23.6. The molecule has 1 amide bonds. The minimum Gasteiger partial charge on any atom is -0.467 e. The third kappa shape index (κ3) is 2.24. The summed E-state index contributed by atoms with van der Waals surface area (Å²) in [6, 6.07) is 0. The second-order valence-electron chi connectivity index (χ2n) is 2.78. The second kappa shape index (κ2) is 4.63. The van der Waals surface area contributed by atoms with Crippen LogP contribution in [0.1, 0.15) is 0 Å². The molecule has 1 heterocycles. The smallest absolute Gasteiger partial charge is 0.336 e. The summed E-state index contributed by atoms with van der Waals surface area (Å²) >= 11 is 0. The van der Waals surface area contributed by atoms with E-state index in [1.165, 1.54) is 12.0 Å². The van der Waals surface area contributed by atoms with Gasteiger partial charge in [0, 0.05) is 6.54 Å². The Morgan fingerprint density at radius 1 is 1.64 bits per heavy atom. The van der Waals surface area contributed by atoms with Gasteiger partial charge < -0.3 is 14.4 Å². The van der Waals surface area contributed by atoms with E-state index in [0.29, 0.717) is 13.2 Å². The predicted molar refractivity (Wildman–Crippen MR) is 47.2 cm³/mol. The summed E-state index contributed by atoms with van der Waals surface area (Å²) in [5.41, 5.74) is 0. The average molecular weight is 197 g/mol. The van der Waals surface area contributed by atoms with Crippen molar-refractivity contribution in [3.63, 3.8) is 0 Å². The maximum Gasteiger partial charge on any atom is 0.336 e. The third-order valence-electron chi connectivity index (χ3n) is 1.94. The zero-order valence-electron chi connectivity index (χ0n) is 7.86. The van der Waals surface area contributed by atoms with Gasteiger partial charge in [-0.1, -0.05) is 0 Å². The van der Waals surface area contributed by atoms with E-state index in [2.05, 4.69) is 4.74 Å². The molecule has 0 aromatic heterocycles. The van der Waals surface area contributed by atoms with Crippen LogP contribution >= 0.6 is 0 Å². The maximum absolute atomic E-state index is 11.1. The van der Waals surface area contributed by atoms with Crippen molar-refractivity contribution in [2.24, 2.45) is 0 Å². The van der Waals surface area contributed by atoms with Crippen LogP contribution in [-0.2, 0) is 19.1 Å². The van der Waals surface area contributed by atoms with Crippen molar-refractivity contribution in [3.05, 3.63) is 0 Å². The van der Waals surface area contributed by atoms with E-state index in [9.17, 15) is 9.59 Å². The summed E-state index contributed by atoms with van der Waals surface area (Å²) in [6.07, 6.45) is 4.24. The Labute approximate surface area is 82.0 Å². The van der Waals surface area contributed by atoms with Gasteiger partial charge in [-0.3, -0.25) is 4.79 Å². The standard InChI is InChI=1S/C9H11NO4/c1-3-8(11)10-4-5-14-7(6-10)9(12)13-2/h1,7H,4-6H2,2H3. The lowest BCUT2D eigenvalue weighted by Crippen LogP contribution is -2.48. The first-order valence-corrected chi connectivity index (χ1v) is 4.14. The van der Waals surface area contributed by atoms with Gasteiger partial charge in [0.25, 0.3) is 5.91 Å². The molecule has 1 atom stereocenters. The molecule has 5 nitrogen and oxygen atoms in total. The number of carbonyl (C=O) groups is 2. The molecule has 0 N–H and O–H groups in total. The Bertz CT molecular complexity index is 281. The summed E-state index contributed by atoms with van der Waals surface area (Å²) < 4.78 is 9.62. The highest BCUT2D eigenvalue weighted by atomic mass is 16.6. The van der Waals surface area contributed by atoms with Crippen molar-refractivity contribution in [1.29, 1.82) is 0 Å². The molecule has 1 rings (SSSR count). The van der Waals surface area contributed by atoms with Crippen molar-refractivity contribution >= 4 is 11.9 Å². The van der Waals surface area contributed by atoms with Gasteiger partial charge >= 0.3 is 5.97 Å². The summed E-state index contributed by atoms with van der Waals surface area (Å²) in [5, 5.41) is 0. The van der Waals surface area contributed by atoms with Crippen LogP contribution in [0.3, 0.4) is 0 Å². The van der Waals surface area contributed by atoms with Gasteiger partial charge in [-0.25, -0.2) is 4.79 Å². The van der Waals surface area contributed by atoms with Crippen molar-refractivity contribution in [1.82, 2.24) is 4.90 Å². The molecule has 1 fully saturated rings. The van der Waals surface area contributed by atoms with Crippen LogP contribution in [0.25, 0.3) is 0 Å². The first kappa shape index (κ1) is 10.5. The summed E-state index contributed by atoms with van der Waals surface area (Å²) in [6.45, 7) is 0.874. The number of hydrogen-bond acceptors (Lipinski definition) is 4. The number of rotatable bonds is 1. The average Bonchev–Trinajstić information content (AvgIpc) is 2.27. The van der Waals surface area contributed by atoms with Gasteiger partial charge in [0.1, 0.15) is 0 Å². The summed E-state index contributed by atoms with van der Waals surface area (Å²) in [5.74, 6) is 1.08. The molecule has 0 aromatic rings. The monoisotopic (exact) mass is 197 g/mol. The van der Waals surface area contributed by atoms with E-state index >= 15 is 0 Å². The fourth-order valence-corrected chi connectivity index (χ4v) is 1.20. The number of carbonyl (C=O) groups excluding carboxylic acids is 2. The molecule has 0 aliphatic carbocycles. The van der Waals surface area contributed by atoms with E-state index in [-0.39, 0.29) is 6.54 Å². The number of amides is 1. The van der Waals surface area contributed by atoms with E-state index in [0.717, 1.165) is 0 Å². The van der Waals surface area contributed by atoms with Gasteiger partial charge in [-0.05, 0) is 5.92 Å². The number of ether oxygens (including phenoxy) is 2. The number of hydrogen-bond donors (Lipinski definition) is 0. The van der Waals surface area contributed by atoms with Gasteiger partial charge in [0.2, 0.25) is 0 Å². The number of morpholine rings is 1. The van der Waals surface area contributed by atoms with Crippen molar-refractivity contribution in [2.75, 3.05) is 26.8 Å². The van der Waals surface area contributed by atoms with Gasteiger partial charge in [0.05, 0.1) is 20.3 Å². The van der Waals surface area contributed by atoms with Crippen molar-refractivity contribution < 1.29 is 19.1 Å². The quantitative estimate of drug-likeness (QED) is 0.400. The highest BCUT2D eigenvalue weighted by molar-refractivity contribution is 5.93. The van der Waals surface area contributed by atoms with Crippen LogP contribution in [0.5, 0.6) is 0 Å². The molecule has 0 aromatic carbocycles. The number of methoxy groups -OCH3 is 1. The number of terminal acetylenes is 1. The van der Waals surface area contributed by atoms with Crippen LogP contribution in [0, 0.1) is 12.3 Å². The fourth-order valence-electron chi connectivity index (χ4n) is 1.20. The van der Waals surface area contributed by atoms with Crippen LogP contribution in [0.2, 0.25) is 0 Å². The molecular weight excluding hydrogens is 186 g/mol. The topological polar surface area (TPSA) is 55.8 Å². The van der Waals surface area contributed by atoms with E-state index in [1.807, 2.05) is 5.92 Å². The highest BCUT2D eigenvalue weighted by Gasteiger charge is 2.29. The molecule has 0 bridgehead atoms. The fraction of sp³-hybridized carbons (Fsp3) is 0.556. The van der Waals surface area contributed by atoms with E-state index in [1.54, 1.807) is 0 Å². The predicted octanol–water partition coefficient (Wildman–Crippen LogP) is -0.980. The highest BCUT2D eigenvalue weighted by Crippen LogP contribution is 2.06. The van der Waals surface area contributed by atoms with Gasteiger partial charge in [-0.2, -0.15) is 0 Å². The normalized spacial score (nSPS) is 21.1. The number of esters is 1. The van der Waals surface area contributed by atoms with Crippen LogP contribution in [-0.4, -0.2) is 49.7 Å². The lowest BCUT2D eigenvalue weighted by molar-refractivity contribution is -0.161. The van der Waals surface area contributed by atoms with Crippen LogP contribution < -0.4 is 0 Å². The molecule has 14 heavy (non-hydrogen) atoms. The molecular formula is C9H11NO4. The molecule has 1 aliphatic heterocycles. The molecule has 0 spiro atoms. The Balaban J connectivity index is 2.57. The Hall–Kier alpha value is -1.54. The zero-order valence-corrected chi connectivity index (χ0v) is 7.86. The van der Waals surface area contributed by atoms with Crippen molar-refractivity contribution in [2.45, 2.75) is 6.10 Å². The lowest BCUT2D eigenvalue weighted by Gasteiger charge is -2.29. The third-order valence-corrected chi connectivity index (χ3v) is 1.94. The molecule has 0 saturated carbocycles. The minimum atomic E-state index is -0.717. The molecule has 1 unspecified atom stereocenters. The molecule has 76 valence electrons. The summed E-state index contributed by atoms with van der Waals surface area (Å²) in [7, 11) is 1.27. The Morgan fingerprint density at radius 3 is 2.93 bits per heavy atom. The van der Waals surface area contributed by atoms with Gasteiger partial charge in [0.15, 0.2) is 6.10 Å². The largest absolute Gasteiger partial charge is 0.467 e. The van der Waals surface area contributed by atoms with E-state index < -0.39 is 18.0 Å². The van der Waals surface area contributed by atoms with Crippen molar-refractivity contribution in [3.8, 4) is 12.3 Å². The first-order chi connectivity index (χ1) is 6.69. The molecule has 1 aliphatic rings. The van der Waals surface area contributed by atoms with Crippen LogP contribution in [0.15, 0.2) is 0 Å².